The van der Waals surface area contributed by atoms with Crippen LogP contribution in [0.2, 0.25) is 0 Å². The average molecular weight is 325 g/mol. The molecule has 1 heterocycles. The van der Waals surface area contributed by atoms with E-state index in [2.05, 4.69) is 0 Å². The molecule has 5 heteroatoms. The Morgan fingerprint density at radius 1 is 1.17 bits per heavy atom. The first kappa shape index (κ1) is 16.2. The Morgan fingerprint density at radius 2 is 1.88 bits per heavy atom. The highest BCUT2D eigenvalue weighted by Crippen LogP contribution is 2.31. The van der Waals surface area contributed by atoms with Gasteiger partial charge in [0, 0.05) is 19.2 Å². The number of methoxy groups -OCH3 is 1. The molecule has 3 rings (SSSR count). The summed E-state index contributed by atoms with van der Waals surface area (Å²) in [6.45, 7) is 0.871. The quantitative estimate of drug-likeness (QED) is 0.938. The van der Waals surface area contributed by atoms with Crippen molar-refractivity contribution in [1.29, 1.82) is 0 Å². The summed E-state index contributed by atoms with van der Waals surface area (Å²) < 4.78 is 5.06. The monoisotopic (exact) mass is 325 g/mol. The highest BCUT2D eigenvalue weighted by Gasteiger charge is 2.36. The summed E-state index contributed by atoms with van der Waals surface area (Å²) in [6.07, 6.45) is 0.660. The summed E-state index contributed by atoms with van der Waals surface area (Å²) in [5, 5.41) is 9.65. The molecule has 1 aliphatic heterocycles. The number of carbonyl (C=O) groups excluding carboxylic acids is 1. The van der Waals surface area contributed by atoms with Crippen LogP contribution in [0, 0.1) is 0 Å². The molecule has 0 aromatic heterocycles. The van der Waals surface area contributed by atoms with Crippen LogP contribution in [0.25, 0.3) is 0 Å². The molecule has 0 bridgehead atoms. The number of hydrogen-bond acceptors (Lipinski definition) is 3. The molecule has 2 aromatic carbocycles. The van der Waals surface area contributed by atoms with Gasteiger partial charge in [0.2, 0.25) is 0 Å². The third kappa shape index (κ3) is 3.03. The largest absolute Gasteiger partial charge is 0.479 e. The first-order valence-corrected chi connectivity index (χ1v) is 7.81. The van der Waals surface area contributed by atoms with Crippen molar-refractivity contribution in [3.05, 3.63) is 70.8 Å². The van der Waals surface area contributed by atoms with Crippen LogP contribution in [-0.2, 0) is 22.6 Å². The average Bonchev–Trinajstić information content (AvgIpc) is 2.61. The van der Waals surface area contributed by atoms with Crippen LogP contribution in [0.1, 0.15) is 33.1 Å². The van der Waals surface area contributed by atoms with E-state index in [0.29, 0.717) is 30.7 Å². The summed E-state index contributed by atoms with van der Waals surface area (Å²) in [7, 11) is 1.61. The standard InChI is InChI=1S/C19H19NO4/c1-24-12-13-6-8-15(9-7-13)18(21)20-11-10-14-4-2-3-5-16(14)17(20)19(22)23/h2-9,17H,10-12H2,1H3,(H,22,23). The van der Waals surface area contributed by atoms with E-state index < -0.39 is 12.0 Å². The molecule has 124 valence electrons. The summed E-state index contributed by atoms with van der Waals surface area (Å²) in [4.78, 5) is 26.1. The fourth-order valence-corrected chi connectivity index (χ4v) is 3.13. The van der Waals surface area contributed by atoms with Gasteiger partial charge in [-0.3, -0.25) is 4.79 Å². The van der Waals surface area contributed by atoms with Gasteiger partial charge < -0.3 is 14.7 Å². The third-order valence-corrected chi connectivity index (χ3v) is 4.29. The van der Waals surface area contributed by atoms with Crippen molar-refractivity contribution in [2.24, 2.45) is 0 Å². The molecular weight excluding hydrogens is 306 g/mol. The van der Waals surface area contributed by atoms with Gasteiger partial charge in [0.1, 0.15) is 0 Å². The Bertz CT molecular complexity index is 754. The van der Waals surface area contributed by atoms with Gasteiger partial charge in [-0.25, -0.2) is 4.79 Å². The molecule has 1 amide bonds. The van der Waals surface area contributed by atoms with Crippen molar-refractivity contribution in [1.82, 2.24) is 4.90 Å². The molecule has 5 nitrogen and oxygen atoms in total. The fraction of sp³-hybridized carbons (Fsp3) is 0.263. The molecule has 24 heavy (non-hydrogen) atoms. The number of carbonyl (C=O) groups is 2. The number of rotatable bonds is 4. The number of nitrogens with zero attached hydrogens (tertiary/aromatic N) is 1. The van der Waals surface area contributed by atoms with E-state index in [1.54, 1.807) is 25.3 Å². The topological polar surface area (TPSA) is 66.8 Å². The van der Waals surface area contributed by atoms with Crippen LogP contribution in [0.3, 0.4) is 0 Å². The summed E-state index contributed by atoms with van der Waals surface area (Å²) in [5.74, 6) is -1.27. The molecule has 0 saturated heterocycles. The van der Waals surface area contributed by atoms with Crippen molar-refractivity contribution in [3.8, 4) is 0 Å². The van der Waals surface area contributed by atoms with Crippen molar-refractivity contribution >= 4 is 11.9 Å². The SMILES string of the molecule is COCc1ccc(C(=O)N2CCc3ccccc3C2C(=O)O)cc1. The van der Waals surface area contributed by atoms with Crippen LogP contribution < -0.4 is 0 Å². The van der Waals surface area contributed by atoms with Crippen LogP contribution in [-0.4, -0.2) is 35.5 Å². The number of carboxylic acid groups (broad SMARTS) is 1. The van der Waals surface area contributed by atoms with E-state index in [1.165, 1.54) is 4.90 Å². The number of carboxylic acids is 1. The van der Waals surface area contributed by atoms with E-state index in [0.717, 1.165) is 11.1 Å². The van der Waals surface area contributed by atoms with E-state index in [4.69, 9.17) is 4.74 Å². The van der Waals surface area contributed by atoms with Crippen molar-refractivity contribution in [2.75, 3.05) is 13.7 Å². The van der Waals surface area contributed by atoms with Gasteiger partial charge in [0.15, 0.2) is 6.04 Å². The number of aliphatic carboxylic acids is 1. The maximum absolute atomic E-state index is 12.8. The molecule has 2 aromatic rings. The lowest BCUT2D eigenvalue weighted by Crippen LogP contribution is -2.43. The van der Waals surface area contributed by atoms with E-state index in [1.807, 2.05) is 30.3 Å². The van der Waals surface area contributed by atoms with E-state index in [-0.39, 0.29) is 5.91 Å². The minimum atomic E-state index is -1.01. The number of hydrogen-bond donors (Lipinski definition) is 1. The summed E-state index contributed by atoms with van der Waals surface area (Å²) in [5.41, 5.74) is 3.14. The summed E-state index contributed by atoms with van der Waals surface area (Å²) >= 11 is 0. The molecule has 0 aliphatic carbocycles. The first-order valence-electron chi connectivity index (χ1n) is 7.81. The lowest BCUT2D eigenvalue weighted by molar-refractivity contribution is -0.143. The van der Waals surface area contributed by atoms with E-state index >= 15 is 0 Å². The molecule has 0 fully saturated rings. The van der Waals surface area contributed by atoms with Crippen LogP contribution in [0.5, 0.6) is 0 Å². The van der Waals surface area contributed by atoms with Crippen molar-refractivity contribution in [3.63, 3.8) is 0 Å². The second-order valence-corrected chi connectivity index (χ2v) is 5.82. The lowest BCUT2D eigenvalue weighted by atomic mass is 9.92. The smallest absolute Gasteiger partial charge is 0.331 e. The minimum absolute atomic E-state index is 0.263. The number of fused-ring (bicyclic) bond motifs is 1. The Balaban J connectivity index is 1.90. The molecule has 0 spiro atoms. The van der Waals surface area contributed by atoms with E-state index in [9.17, 15) is 14.7 Å². The predicted octanol–water partition coefficient (Wildman–Crippen LogP) is 2.66. The molecule has 1 unspecified atom stereocenters. The first-order chi connectivity index (χ1) is 11.6. The highest BCUT2D eigenvalue weighted by atomic mass is 16.5. The summed E-state index contributed by atoms with van der Waals surface area (Å²) in [6, 6.07) is 13.6. The second kappa shape index (κ2) is 6.84. The zero-order valence-corrected chi connectivity index (χ0v) is 13.4. The maximum Gasteiger partial charge on any atom is 0.331 e. The molecule has 1 atom stereocenters. The highest BCUT2D eigenvalue weighted by molar-refractivity contribution is 5.97. The lowest BCUT2D eigenvalue weighted by Gasteiger charge is -2.34. The Kier molecular flexibility index (Phi) is 4.62. The molecular formula is C19H19NO4. The Labute approximate surface area is 140 Å². The molecule has 0 radical (unpaired) electrons. The van der Waals surface area contributed by atoms with Gasteiger partial charge in [-0.1, -0.05) is 36.4 Å². The molecule has 0 saturated carbocycles. The maximum atomic E-state index is 12.8. The minimum Gasteiger partial charge on any atom is -0.479 e. The van der Waals surface area contributed by atoms with Gasteiger partial charge >= 0.3 is 5.97 Å². The zero-order valence-electron chi connectivity index (χ0n) is 13.4. The van der Waals surface area contributed by atoms with Gasteiger partial charge in [0.25, 0.3) is 5.91 Å². The van der Waals surface area contributed by atoms with Gasteiger partial charge in [0.05, 0.1) is 6.61 Å². The van der Waals surface area contributed by atoms with Crippen LogP contribution >= 0.6 is 0 Å². The Hall–Kier alpha value is -2.66. The third-order valence-electron chi connectivity index (χ3n) is 4.29. The molecule has 1 N–H and O–H groups in total. The second-order valence-electron chi connectivity index (χ2n) is 5.82. The number of benzene rings is 2. The normalized spacial score (nSPS) is 16.5. The van der Waals surface area contributed by atoms with Crippen LogP contribution in [0.4, 0.5) is 0 Å². The fourth-order valence-electron chi connectivity index (χ4n) is 3.13. The van der Waals surface area contributed by atoms with Gasteiger partial charge in [-0.05, 0) is 35.2 Å². The predicted molar refractivity (Wildman–Crippen MR) is 88.7 cm³/mol. The number of ether oxygens (including phenoxy) is 1. The van der Waals surface area contributed by atoms with Crippen molar-refractivity contribution in [2.45, 2.75) is 19.1 Å². The van der Waals surface area contributed by atoms with Gasteiger partial charge in [-0.2, -0.15) is 0 Å². The van der Waals surface area contributed by atoms with Gasteiger partial charge in [-0.15, -0.1) is 0 Å². The van der Waals surface area contributed by atoms with Crippen LogP contribution in [0.15, 0.2) is 48.5 Å². The molecule has 1 aliphatic rings. The number of amides is 1. The Morgan fingerprint density at radius 3 is 2.54 bits per heavy atom. The zero-order chi connectivity index (χ0) is 17.1. The van der Waals surface area contributed by atoms with Crippen molar-refractivity contribution < 1.29 is 19.4 Å².